The molecule has 5 N–H and O–H groups in total. The maximum atomic E-state index is 13.9. The number of hydrogen-bond donors (Lipinski definition) is 4. The third-order valence-corrected chi connectivity index (χ3v) is 9.51. The van der Waals surface area contributed by atoms with Gasteiger partial charge in [-0.15, -0.1) is 0 Å². The summed E-state index contributed by atoms with van der Waals surface area (Å²) in [5.74, 6) is -0.713. The lowest BCUT2D eigenvalue weighted by atomic mass is 9.99. The normalized spacial score (nSPS) is 13.6. The van der Waals surface area contributed by atoms with Crippen LogP contribution in [0.1, 0.15) is 43.4 Å². The van der Waals surface area contributed by atoms with Crippen molar-refractivity contribution in [3.8, 4) is 0 Å². The number of amides is 2. The van der Waals surface area contributed by atoms with Gasteiger partial charge in [0.1, 0.15) is 12.6 Å². The van der Waals surface area contributed by atoms with Crippen molar-refractivity contribution in [1.82, 2.24) is 14.5 Å². The van der Waals surface area contributed by atoms with Crippen molar-refractivity contribution >= 4 is 22.0 Å². The maximum absolute atomic E-state index is 13.9. The SMILES string of the molecule is CC(C)CN(C[C@@H](O)[C@H](Cc1ccccc1)NC(=O)[C@H](CCCN)N(Cc1ccccc1)C(=O)O)S(=O)(=O)c1ccc(CN=O)cc1. The number of nitrogens with zero attached hydrogens (tertiary/aromatic N) is 3. The van der Waals surface area contributed by atoms with E-state index in [-0.39, 0.29) is 56.4 Å². The number of benzene rings is 3. The van der Waals surface area contributed by atoms with E-state index in [1.807, 2.05) is 50.2 Å². The van der Waals surface area contributed by atoms with Gasteiger partial charge in [-0.25, -0.2) is 13.2 Å². The zero-order valence-corrected chi connectivity index (χ0v) is 27.6. The van der Waals surface area contributed by atoms with Crippen molar-refractivity contribution in [1.29, 1.82) is 0 Å². The molecule has 0 radical (unpaired) electrons. The van der Waals surface area contributed by atoms with Crippen LogP contribution in [0, 0.1) is 10.8 Å². The number of aliphatic hydroxyl groups excluding tert-OH is 1. The minimum Gasteiger partial charge on any atom is -0.465 e. The zero-order chi connectivity index (χ0) is 34.4. The molecule has 0 fully saturated rings. The van der Waals surface area contributed by atoms with Gasteiger partial charge < -0.3 is 21.3 Å². The van der Waals surface area contributed by atoms with Gasteiger partial charge in [0, 0.05) is 19.6 Å². The van der Waals surface area contributed by atoms with Gasteiger partial charge in [0.15, 0.2) is 0 Å². The van der Waals surface area contributed by atoms with Crippen LogP contribution in [0.15, 0.2) is 95.0 Å². The Morgan fingerprint density at radius 1 is 0.894 bits per heavy atom. The number of nitrogens with one attached hydrogen (secondary N) is 1. The van der Waals surface area contributed by atoms with Crippen molar-refractivity contribution in [3.05, 3.63) is 107 Å². The summed E-state index contributed by atoms with van der Waals surface area (Å²) >= 11 is 0. The van der Waals surface area contributed by atoms with Crippen molar-refractivity contribution in [2.45, 2.75) is 69.3 Å². The average Bonchev–Trinajstić information content (AvgIpc) is 3.04. The lowest BCUT2D eigenvalue weighted by Gasteiger charge is -2.33. The molecule has 3 atom stereocenters. The second-order valence-corrected chi connectivity index (χ2v) is 13.8. The van der Waals surface area contributed by atoms with Crippen LogP contribution in [0.4, 0.5) is 4.79 Å². The molecule has 0 heterocycles. The molecule has 0 aromatic heterocycles. The number of nitrogens with two attached hydrogens (primary N) is 1. The van der Waals surface area contributed by atoms with Crippen LogP contribution in [0.5, 0.6) is 0 Å². The molecule has 3 aromatic carbocycles. The first-order valence-electron chi connectivity index (χ1n) is 15.6. The smallest absolute Gasteiger partial charge is 0.408 e. The number of aliphatic hydroxyl groups is 1. The summed E-state index contributed by atoms with van der Waals surface area (Å²) in [6.07, 6.45) is -1.96. The molecular weight excluding hydrogens is 622 g/mol. The summed E-state index contributed by atoms with van der Waals surface area (Å²) in [7, 11) is -4.09. The lowest BCUT2D eigenvalue weighted by Crippen LogP contribution is -2.56. The zero-order valence-electron chi connectivity index (χ0n) is 26.8. The lowest BCUT2D eigenvalue weighted by molar-refractivity contribution is -0.128. The van der Waals surface area contributed by atoms with E-state index in [2.05, 4.69) is 10.5 Å². The van der Waals surface area contributed by atoms with Gasteiger partial charge >= 0.3 is 6.09 Å². The number of hydrogen-bond acceptors (Lipinski definition) is 8. The van der Waals surface area contributed by atoms with Gasteiger partial charge in [-0.05, 0) is 60.5 Å². The van der Waals surface area contributed by atoms with Crippen LogP contribution in [0.3, 0.4) is 0 Å². The summed E-state index contributed by atoms with van der Waals surface area (Å²) in [5.41, 5.74) is 7.79. The first-order chi connectivity index (χ1) is 22.5. The van der Waals surface area contributed by atoms with Crippen molar-refractivity contribution in [2.24, 2.45) is 16.8 Å². The molecule has 254 valence electrons. The van der Waals surface area contributed by atoms with E-state index in [9.17, 15) is 33.1 Å². The van der Waals surface area contributed by atoms with E-state index in [4.69, 9.17) is 5.73 Å². The van der Waals surface area contributed by atoms with Gasteiger partial charge in [0.05, 0.1) is 17.0 Å². The molecule has 0 spiro atoms. The Hall–Kier alpha value is -4.17. The number of carbonyl (C=O) groups is 2. The van der Waals surface area contributed by atoms with Crippen LogP contribution in [-0.4, -0.2) is 77.7 Å². The third kappa shape index (κ3) is 11.2. The van der Waals surface area contributed by atoms with E-state index >= 15 is 0 Å². The molecular formula is C34H45N5O7S. The highest BCUT2D eigenvalue weighted by Crippen LogP contribution is 2.21. The molecule has 0 saturated carbocycles. The largest absolute Gasteiger partial charge is 0.465 e. The molecule has 2 amide bonds. The number of sulfonamides is 1. The molecule has 0 aliphatic rings. The predicted octanol–water partition coefficient (Wildman–Crippen LogP) is 3.98. The Labute approximate surface area is 276 Å². The standard InChI is InChI=1S/C34H45N5O7S/c1-25(2)22-38(47(45,46)29-17-15-27(16-18-29)21-36-44)24-32(40)30(20-26-10-5-3-6-11-26)37-33(41)31(14-9-19-35)39(34(42)43)23-28-12-7-4-8-13-28/h3-8,10-13,15-18,25,30-32,40H,9,14,19-24,35H2,1-2H3,(H,37,41)(H,42,43)/t30-,31-,32+/m0/s1. The van der Waals surface area contributed by atoms with Crippen molar-refractivity contribution < 1.29 is 28.2 Å². The van der Waals surface area contributed by atoms with Crippen LogP contribution in [0.2, 0.25) is 0 Å². The third-order valence-electron chi connectivity index (χ3n) is 7.66. The quantitative estimate of drug-likeness (QED) is 0.138. The molecule has 0 aliphatic heterocycles. The van der Waals surface area contributed by atoms with Crippen LogP contribution >= 0.6 is 0 Å². The molecule has 13 heteroatoms. The summed E-state index contributed by atoms with van der Waals surface area (Å²) < 4.78 is 28.8. The van der Waals surface area contributed by atoms with Gasteiger partial charge in [-0.3, -0.25) is 9.69 Å². The van der Waals surface area contributed by atoms with Crippen LogP contribution in [-0.2, 0) is 34.3 Å². The molecule has 0 unspecified atom stereocenters. The van der Waals surface area contributed by atoms with Crippen LogP contribution in [0.25, 0.3) is 0 Å². The highest BCUT2D eigenvalue weighted by atomic mass is 32.2. The van der Waals surface area contributed by atoms with Gasteiger partial charge in [-0.1, -0.05) is 91.8 Å². The van der Waals surface area contributed by atoms with Crippen molar-refractivity contribution in [3.63, 3.8) is 0 Å². The highest BCUT2D eigenvalue weighted by molar-refractivity contribution is 7.89. The Kier molecular flexibility index (Phi) is 14.5. The maximum Gasteiger partial charge on any atom is 0.408 e. The summed E-state index contributed by atoms with van der Waals surface area (Å²) in [6.45, 7) is 3.58. The Morgan fingerprint density at radius 2 is 1.49 bits per heavy atom. The molecule has 0 saturated heterocycles. The molecule has 3 aromatic rings. The minimum absolute atomic E-state index is 0.0106. The van der Waals surface area contributed by atoms with Gasteiger partial charge in [0.25, 0.3) is 0 Å². The first-order valence-corrected chi connectivity index (χ1v) is 17.0. The molecule has 12 nitrogen and oxygen atoms in total. The Morgan fingerprint density at radius 3 is 2.02 bits per heavy atom. The van der Waals surface area contributed by atoms with E-state index in [1.54, 1.807) is 24.3 Å². The fraction of sp³-hybridized carbons (Fsp3) is 0.412. The molecule has 3 rings (SSSR count). The minimum atomic E-state index is -4.09. The molecule has 47 heavy (non-hydrogen) atoms. The number of carboxylic acid groups (broad SMARTS) is 1. The van der Waals surface area contributed by atoms with E-state index in [0.29, 0.717) is 17.5 Å². The summed E-state index contributed by atoms with van der Waals surface area (Å²) in [6, 6.07) is 21.8. The second-order valence-electron chi connectivity index (χ2n) is 11.9. The monoisotopic (exact) mass is 667 g/mol. The molecule has 0 bridgehead atoms. The van der Waals surface area contributed by atoms with Crippen LogP contribution < -0.4 is 11.1 Å². The summed E-state index contributed by atoms with van der Waals surface area (Å²) in [5, 5.41) is 27.5. The second kappa shape index (κ2) is 18.2. The number of rotatable bonds is 19. The fourth-order valence-electron chi connectivity index (χ4n) is 5.27. The topological polar surface area (TPSA) is 183 Å². The summed E-state index contributed by atoms with van der Waals surface area (Å²) in [4.78, 5) is 38.1. The van der Waals surface area contributed by atoms with E-state index < -0.39 is 40.2 Å². The molecule has 0 aliphatic carbocycles. The fourth-order valence-corrected chi connectivity index (χ4v) is 6.89. The number of carbonyl (C=O) groups excluding carboxylic acids is 1. The predicted molar refractivity (Wildman–Crippen MR) is 180 cm³/mol. The van der Waals surface area contributed by atoms with E-state index in [0.717, 1.165) is 10.5 Å². The van der Waals surface area contributed by atoms with Gasteiger partial charge in [0.2, 0.25) is 15.9 Å². The number of nitroso groups, excluding NO2 is 1. The Bertz CT molecular complexity index is 1520. The van der Waals surface area contributed by atoms with E-state index in [1.165, 1.54) is 28.6 Å². The Balaban J connectivity index is 1.93. The average molecular weight is 668 g/mol. The first kappa shape index (κ1) is 37.3. The highest BCUT2D eigenvalue weighted by Gasteiger charge is 2.35. The van der Waals surface area contributed by atoms with Crippen molar-refractivity contribution in [2.75, 3.05) is 19.6 Å². The van der Waals surface area contributed by atoms with Gasteiger partial charge in [-0.2, -0.15) is 9.21 Å².